The summed E-state index contributed by atoms with van der Waals surface area (Å²) in [6, 6.07) is 10.8. The van der Waals surface area contributed by atoms with E-state index in [1.54, 1.807) is 6.07 Å². The number of aromatic nitrogens is 1. The van der Waals surface area contributed by atoms with Gasteiger partial charge in [-0.2, -0.15) is 0 Å². The number of halogens is 1. The van der Waals surface area contributed by atoms with Gasteiger partial charge in [-0.25, -0.2) is 9.37 Å². The Balaban J connectivity index is 1.48. The second kappa shape index (κ2) is 9.80. The van der Waals surface area contributed by atoms with Gasteiger partial charge in [0.05, 0.1) is 12.2 Å². The molecule has 156 valence electrons. The lowest BCUT2D eigenvalue weighted by atomic mass is 10.1. The van der Waals surface area contributed by atoms with Crippen LogP contribution in [-0.2, 0) is 11.2 Å². The van der Waals surface area contributed by atoms with Gasteiger partial charge >= 0.3 is 0 Å². The standard InChI is InChI=1S/C22H30FN5O/c1-16(2)25-22(29)15-28-12-10-27(11-13-28)9-8-17-6-7-18(14-19(17)23)20-4-3-5-21(24)26-20/h3-7,14,16H,8-13,15H2,1-2H3,(H2,24,26)(H,25,29). The Morgan fingerprint density at radius 1 is 1.17 bits per heavy atom. The average molecular weight is 400 g/mol. The number of hydrogen-bond donors (Lipinski definition) is 2. The lowest BCUT2D eigenvalue weighted by Gasteiger charge is -2.34. The van der Waals surface area contributed by atoms with E-state index >= 15 is 0 Å². The first-order valence-electron chi connectivity index (χ1n) is 10.2. The maximum atomic E-state index is 14.6. The molecule has 0 spiro atoms. The predicted octanol–water partition coefficient (Wildman–Crippen LogP) is 2.15. The maximum absolute atomic E-state index is 14.6. The molecule has 1 aromatic carbocycles. The maximum Gasteiger partial charge on any atom is 0.234 e. The topological polar surface area (TPSA) is 74.5 Å². The largest absolute Gasteiger partial charge is 0.384 e. The van der Waals surface area contributed by atoms with E-state index in [1.807, 2.05) is 38.1 Å². The summed E-state index contributed by atoms with van der Waals surface area (Å²) in [6.45, 7) is 8.67. The van der Waals surface area contributed by atoms with Crippen molar-refractivity contribution in [2.45, 2.75) is 26.3 Å². The van der Waals surface area contributed by atoms with Crippen molar-refractivity contribution in [1.29, 1.82) is 0 Å². The number of benzene rings is 1. The van der Waals surface area contributed by atoms with Crippen LogP contribution in [0.2, 0.25) is 0 Å². The molecular formula is C22H30FN5O. The van der Waals surface area contributed by atoms with Crippen LogP contribution in [0.3, 0.4) is 0 Å². The first-order chi connectivity index (χ1) is 13.9. The smallest absolute Gasteiger partial charge is 0.234 e. The number of nitrogens with two attached hydrogens (primary N) is 1. The van der Waals surface area contributed by atoms with Crippen molar-refractivity contribution in [3.8, 4) is 11.3 Å². The number of rotatable bonds is 7. The fourth-order valence-corrected chi connectivity index (χ4v) is 3.54. The number of amides is 1. The highest BCUT2D eigenvalue weighted by atomic mass is 19.1. The van der Waals surface area contributed by atoms with Crippen molar-refractivity contribution in [3.05, 3.63) is 47.8 Å². The first-order valence-corrected chi connectivity index (χ1v) is 10.2. The van der Waals surface area contributed by atoms with Crippen molar-refractivity contribution in [3.63, 3.8) is 0 Å². The van der Waals surface area contributed by atoms with Gasteiger partial charge in [-0.15, -0.1) is 0 Å². The fourth-order valence-electron chi connectivity index (χ4n) is 3.54. The quantitative estimate of drug-likeness (QED) is 0.746. The van der Waals surface area contributed by atoms with Crippen LogP contribution in [0.5, 0.6) is 0 Å². The monoisotopic (exact) mass is 399 g/mol. The van der Waals surface area contributed by atoms with Crippen molar-refractivity contribution in [2.75, 3.05) is 45.0 Å². The summed E-state index contributed by atoms with van der Waals surface area (Å²) in [4.78, 5) is 20.6. The minimum Gasteiger partial charge on any atom is -0.384 e. The summed E-state index contributed by atoms with van der Waals surface area (Å²) in [6.07, 6.45) is 0.657. The molecule has 1 amide bonds. The van der Waals surface area contributed by atoms with Crippen LogP contribution in [0, 0.1) is 5.82 Å². The Morgan fingerprint density at radius 2 is 1.90 bits per heavy atom. The molecule has 0 bridgehead atoms. The summed E-state index contributed by atoms with van der Waals surface area (Å²) < 4.78 is 14.6. The molecule has 1 aliphatic rings. The van der Waals surface area contributed by atoms with Crippen LogP contribution in [0.25, 0.3) is 11.3 Å². The van der Waals surface area contributed by atoms with Gasteiger partial charge in [0.25, 0.3) is 0 Å². The van der Waals surface area contributed by atoms with Crippen LogP contribution in [0.1, 0.15) is 19.4 Å². The molecule has 7 heteroatoms. The predicted molar refractivity (Wildman–Crippen MR) is 114 cm³/mol. The van der Waals surface area contributed by atoms with Gasteiger partial charge in [-0.05, 0) is 44.0 Å². The molecule has 0 radical (unpaired) electrons. The molecule has 3 N–H and O–H groups in total. The molecule has 3 rings (SSSR count). The van der Waals surface area contributed by atoms with Crippen LogP contribution in [0.15, 0.2) is 36.4 Å². The molecule has 0 saturated carbocycles. The highest BCUT2D eigenvalue weighted by Gasteiger charge is 2.19. The summed E-state index contributed by atoms with van der Waals surface area (Å²) in [5, 5.41) is 2.93. The van der Waals surface area contributed by atoms with Gasteiger partial charge in [0.15, 0.2) is 0 Å². The molecule has 2 heterocycles. The van der Waals surface area contributed by atoms with Gasteiger partial charge in [-0.3, -0.25) is 9.69 Å². The molecule has 1 fully saturated rings. The van der Waals surface area contributed by atoms with Gasteiger partial charge < -0.3 is 16.0 Å². The molecule has 1 aromatic heterocycles. The number of carbonyl (C=O) groups excluding carboxylic acids is 1. The van der Waals surface area contributed by atoms with Crippen molar-refractivity contribution in [2.24, 2.45) is 0 Å². The number of nitrogens with zero attached hydrogens (tertiary/aromatic N) is 3. The van der Waals surface area contributed by atoms with E-state index < -0.39 is 0 Å². The van der Waals surface area contributed by atoms with Crippen LogP contribution < -0.4 is 11.1 Å². The van der Waals surface area contributed by atoms with Gasteiger partial charge in [-0.1, -0.05) is 18.2 Å². The number of carbonyl (C=O) groups is 1. The first kappa shape index (κ1) is 21.2. The number of pyridine rings is 1. The number of nitrogens with one attached hydrogen (secondary N) is 1. The second-order valence-electron chi connectivity index (χ2n) is 7.84. The summed E-state index contributed by atoms with van der Waals surface area (Å²) in [7, 11) is 0. The SMILES string of the molecule is CC(C)NC(=O)CN1CCN(CCc2ccc(-c3cccc(N)n3)cc2F)CC1. The van der Waals surface area contributed by atoms with E-state index in [1.165, 1.54) is 6.07 Å². The number of hydrogen-bond acceptors (Lipinski definition) is 5. The van der Waals surface area contributed by atoms with Gasteiger partial charge in [0.1, 0.15) is 11.6 Å². The molecule has 2 aromatic rings. The molecule has 6 nitrogen and oxygen atoms in total. The Bertz CT molecular complexity index is 834. The zero-order chi connectivity index (χ0) is 20.8. The third-order valence-electron chi connectivity index (χ3n) is 5.10. The zero-order valence-electron chi connectivity index (χ0n) is 17.2. The molecule has 1 aliphatic heterocycles. The minimum atomic E-state index is -0.212. The Morgan fingerprint density at radius 3 is 2.55 bits per heavy atom. The van der Waals surface area contributed by atoms with Gasteiger partial charge in [0, 0.05) is 44.3 Å². The number of nitrogen functional groups attached to an aromatic ring is 1. The Hall–Kier alpha value is -2.51. The molecule has 1 saturated heterocycles. The molecule has 0 atom stereocenters. The third-order valence-corrected chi connectivity index (χ3v) is 5.10. The number of piperazine rings is 1. The van der Waals surface area contributed by atoms with Crippen molar-refractivity contribution >= 4 is 11.7 Å². The van der Waals surface area contributed by atoms with Crippen LogP contribution >= 0.6 is 0 Å². The second-order valence-corrected chi connectivity index (χ2v) is 7.84. The van der Waals surface area contributed by atoms with E-state index in [-0.39, 0.29) is 17.8 Å². The highest BCUT2D eigenvalue weighted by molar-refractivity contribution is 5.78. The lowest BCUT2D eigenvalue weighted by molar-refractivity contribution is -0.123. The fraction of sp³-hybridized carbons (Fsp3) is 0.455. The van der Waals surface area contributed by atoms with Gasteiger partial charge in [0.2, 0.25) is 5.91 Å². The average Bonchev–Trinajstić information content (AvgIpc) is 2.67. The van der Waals surface area contributed by atoms with E-state index in [0.29, 0.717) is 30.0 Å². The molecule has 0 aliphatic carbocycles. The lowest BCUT2D eigenvalue weighted by Crippen LogP contribution is -2.50. The van der Waals surface area contributed by atoms with Crippen LogP contribution in [-0.4, -0.2) is 66.0 Å². The zero-order valence-corrected chi connectivity index (χ0v) is 17.2. The Kier molecular flexibility index (Phi) is 7.17. The van der Waals surface area contributed by atoms with Crippen molar-refractivity contribution in [1.82, 2.24) is 20.1 Å². The Labute approximate surface area is 171 Å². The summed E-state index contributed by atoms with van der Waals surface area (Å²) in [5.74, 6) is 0.286. The van der Waals surface area contributed by atoms with E-state index in [4.69, 9.17) is 5.73 Å². The van der Waals surface area contributed by atoms with Crippen LogP contribution in [0.4, 0.5) is 10.2 Å². The van der Waals surface area contributed by atoms with E-state index in [9.17, 15) is 9.18 Å². The van der Waals surface area contributed by atoms with Crippen molar-refractivity contribution < 1.29 is 9.18 Å². The molecule has 29 heavy (non-hydrogen) atoms. The highest BCUT2D eigenvalue weighted by Crippen LogP contribution is 2.21. The van der Waals surface area contributed by atoms with E-state index in [2.05, 4.69) is 20.1 Å². The minimum absolute atomic E-state index is 0.0743. The normalized spacial score (nSPS) is 15.6. The summed E-state index contributed by atoms with van der Waals surface area (Å²) >= 11 is 0. The summed E-state index contributed by atoms with van der Waals surface area (Å²) in [5.41, 5.74) is 7.82. The third kappa shape index (κ3) is 6.24. The molecular weight excluding hydrogens is 369 g/mol. The van der Waals surface area contributed by atoms with E-state index in [0.717, 1.165) is 38.3 Å². The number of anilines is 1. The molecule has 0 unspecified atom stereocenters.